The number of fused-ring (bicyclic) bond motifs is 2. The molecule has 43 heavy (non-hydrogen) atoms. The number of ether oxygens (including phenoxy) is 4. The molecule has 4 heterocycles. The minimum atomic E-state index is -0.786. The highest BCUT2D eigenvalue weighted by Crippen LogP contribution is 2.35. The molecule has 1 aromatic carbocycles. The van der Waals surface area contributed by atoms with Crippen LogP contribution in [-0.4, -0.2) is 73.1 Å². The third kappa shape index (κ3) is 6.84. The van der Waals surface area contributed by atoms with Crippen molar-refractivity contribution in [3.05, 3.63) is 48.2 Å². The van der Waals surface area contributed by atoms with Gasteiger partial charge in [-0.25, -0.2) is 34.1 Å². The molecular weight excluding hydrogens is 581 g/mol. The SMILES string of the molecule is COc1cnc2c(-c3nc4cc(F)c(O[C@@H](C)[C@@H](C)OC(=O)Nc5cnc(O[C@H](C)CO)nc5)nc4s3)cc(C)cc2n1. The van der Waals surface area contributed by atoms with Gasteiger partial charge in [-0.15, -0.1) is 0 Å². The van der Waals surface area contributed by atoms with Crippen molar-refractivity contribution in [2.75, 3.05) is 19.0 Å². The Hall–Kier alpha value is -4.76. The van der Waals surface area contributed by atoms with Crippen molar-refractivity contribution >= 4 is 44.5 Å². The molecule has 0 fully saturated rings. The highest BCUT2D eigenvalue weighted by atomic mass is 32.1. The zero-order valence-electron chi connectivity index (χ0n) is 23.9. The van der Waals surface area contributed by atoms with E-state index in [4.69, 9.17) is 24.1 Å². The number of pyridine rings is 1. The molecule has 13 nitrogen and oxygen atoms in total. The fraction of sp³-hybridized carbons (Fsp3) is 0.321. The van der Waals surface area contributed by atoms with Crippen molar-refractivity contribution in [2.24, 2.45) is 0 Å². The Morgan fingerprint density at radius 3 is 2.49 bits per heavy atom. The lowest BCUT2D eigenvalue weighted by Crippen LogP contribution is -2.33. The van der Waals surface area contributed by atoms with Crippen LogP contribution in [0.25, 0.3) is 32.0 Å². The second kappa shape index (κ2) is 12.6. The molecule has 0 aliphatic rings. The third-order valence-corrected chi connectivity index (χ3v) is 7.20. The minimum Gasteiger partial charge on any atom is -0.480 e. The Balaban J connectivity index is 1.27. The number of amides is 1. The van der Waals surface area contributed by atoms with E-state index in [-0.39, 0.29) is 24.2 Å². The summed E-state index contributed by atoms with van der Waals surface area (Å²) in [6.45, 7) is 6.64. The van der Waals surface area contributed by atoms with Crippen molar-refractivity contribution in [1.29, 1.82) is 0 Å². The Morgan fingerprint density at radius 1 is 1.00 bits per heavy atom. The van der Waals surface area contributed by atoms with Gasteiger partial charge < -0.3 is 24.1 Å². The van der Waals surface area contributed by atoms with Gasteiger partial charge in [0.05, 0.1) is 49.0 Å². The summed E-state index contributed by atoms with van der Waals surface area (Å²) in [6, 6.07) is 5.14. The molecule has 4 aromatic heterocycles. The van der Waals surface area contributed by atoms with Crippen molar-refractivity contribution in [3.8, 4) is 28.3 Å². The Bertz CT molecular complexity index is 1770. The number of carbonyl (C=O) groups is 1. The maximum Gasteiger partial charge on any atom is 0.412 e. The summed E-state index contributed by atoms with van der Waals surface area (Å²) in [4.78, 5) is 38.7. The van der Waals surface area contributed by atoms with Crippen LogP contribution in [0.5, 0.6) is 17.8 Å². The Morgan fingerprint density at radius 2 is 1.77 bits per heavy atom. The molecule has 5 rings (SSSR count). The molecule has 0 radical (unpaired) electrons. The van der Waals surface area contributed by atoms with Gasteiger partial charge in [-0.1, -0.05) is 11.3 Å². The van der Waals surface area contributed by atoms with E-state index in [0.717, 1.165) is 11.1 Å². The smallest absolute Gasteiger partial charge is 0.412 e. The number of aryl methyl sites for hydroxylation is 1. The van der Waals surface area contributed by atoms with E-state index < -0.39 is 30.2 Å². The van der Waals surface area contributed by atoms with Crippen LogP contribution in [-0.2, 0) is 4.74 Å². The monoisotopic (exact) mass is 609 g/mol. The molecule has 0 bridgehead atoms. The van der Waals surface area contributed by atoms with Gasteiger partial charge in [0.1, 0.15) is 33.7 Å². The normalized spacial score (nSPS) is 13.4. The Labute approximate surface area is 249 Å². The van der Waals surface area contributed by atoms with Gasteiger partial charge in [-0.3, -0.25) is 5.32 Å². The van der Waals surface area contributed by atoms with Gasteiger partial charge in [0.2, 0.25) is 5.88 Å². The largest absolute Gasteiger partial charge is 0.480 e. The summed E-state index contributed by atoms with van der Waals surface area (Å²) in [7, 11) is 1.52. The van der Waals surface area contributed by atoms with E-state index in [0.29, 0.717) is 32.3 Å². The number of nitrogens with zero attached hydrogens (tertiary/aromatic N) is 6. The van der Waals surface area contributed by atoms with E-state index in [1.165, 1.54) is 43.1 Å². The predicted molar refractivity (Wildman–Crippen MR) is 156 cm³/mol. The van der Waals surface area contributed by atoms with E-state index >= 15 is 4.39 Å². The summed E-state index contributed by atoms with van der Waals surface area (Å²) in [6.07, 6.45) is 1.40. The summed E-state index contributed by atoms with van der Waals surface area (Å²) in [5.41, 5.74) is 3.60. The van der Waals surface area contributed by atoms with Gasteiger partial charge in [-0.05, 0) is 45.4 Å². The fourth-order valence-corrected chi connectivity index (χ4v) is 4.81. The standard InChI is InChI=1S/C28H28FN7O6S/c1-13-6-18(23-20(7-13)34-22(39-5)11-30-23)25-35-21-8-19(29)24(36-26(21)43-25)41-15(3)16(4)42-28(38)33-17-9-31-27(32-10-17)40-14(2)12-37/h6-11,14-16,37H,12H2,1-5H3,(H,33,38)/t14-,15+,16-/m1/s1. The first-order valence-corrected chi connectivity index (χ1v) is 14.0. The van der Waals surface area contributed by atoms with Crippen LogP contribution >= 0.6 is 11.3 Å². The average molecular weight is 610 g/mol. The molecule has 5 aromatic rings. The number of aliphatic hydroxyl groups is 1. The summed E-state index contributed by atoms with van der Waals surface area (Å²) < 4.78 is 36.6. The molecule has 224 valence electrons. The number of aliphatic hydroxyl groups excluding tert-OH is 1. The molecule has 1 amide bonds. The maximum absolute atomic E-state index is 15.0. The van der Waals surface area contributed by atoms with Crippen LogP contribution in [0.1, 0.15) is 26.3 Å². The van der Waals surface area contributed by atoms with Gasteiger partial charge in [-0.2, -0.15) is 4.98 Å². The number of rotatable bonds is 10. The quantitative estimate of drug-likeness (QED) is 0.224. The zero-order valence-corrected chi connectivity index (χ0v) is 24.7. The van der Waals surface area contributed by atoms with E-state index in [1.807, 2.05) is 19.1 Å². The molecule has 15 heteroatoms. The van der Waals surface area contributed by atoms with E-state index in [9.17, 15) is 4.79 Å². The van der Waals surface area contributed by atoms with Gasteiger partial charge in [0, 0.05) is 11.6 Å². The first-order valence-electron chi connectivity index (χ1n) is 13.2. The van der Waals surface area contributed by atoms with E-state index in [1.54, 1.807) is 20.8 Å². The van der Waals surface area contributed by atoms with Crippen molar-refractivity contribution < 1.29 is 33.2 Å². The topological polar surface area (TPSA) is 164 Å². The molecule has 3 atom stereocenters. The van der Waals surface area contributed by atoms with Crippen LogP contribution in [0.4, 0.5) is 14.9 Å². The number of methoxy groups -OCH3 is 1. The lowest BCUT2D eigenvalue weighted by Gasteiger charge is -2.21. The fourth-order valence-electron chi connectivity index (χ4n) is 3.88. The maximum atomic E-state index is 15.0. The molecular formula is C28H28FN7O6S. The number of carbonyl (C=O) groups excluding carboxylic acids is 1. The third-order valence-electron chi connectivity index (χ3n) is 6.20. The number of thiazole rings is 1. The number of benzene rings is 1. The molecule has 0 saturated heterocycles. The van der Waals surface area contributed by atoms with Crippen LogP contribution in [0.2, 0.25) is 0 Å². The molecule has 2 N–H and O–H groups in total. The first kappa shape index (κ1) is 29.7. The van der Waals surface area contributed by atoms with Crippen molar-refractivity contribution in [3.63, 3.8) is 0 Å². The number of anilines is 1. The lowest BCUT2D eigenvalue weighted by atomic mass is 10.1. The molecule has 0 aliphatic heterocycles. The Kier molecular flexibility index (Phi) is 8.73. The average Bonchev–Trinajstić information content (AvgIpc) is 3.39. The van der Waals surface area contributed by atoms with Crippen LogP contribution in [0, 0.1) is 12.7 Å². The lowest BCUT2D eigenvalue weighted by molar-refractivity contribution is 0.0379. The van der Waals surface area contributed by atoms with Crippen LogP contribution in [0.15, 0.2) is 36.8 Å². The van der Waals surface area contributed by atoms with Crippen LogP contribution in [0.3, 0.4) is 0 Å². The second-order valence-electron chi connectivity index (χ2n) is 9.63. The highest BCUT2D eigenvalue weighted by molar-refractivity contribution is 7.21. The highest BCUT2D eigenvalue weighted by Gasteiger charge is 2.23. The molecule has 0 saturated carbocycles. The van der Waals surface area contributed by atoms with Gasteiger partial charge in [0.15, 0.2) is 5.82 Å². The van der Waals surface area contributed by atoms with Gasteiger partial charge in [0.25, 0.3) is 5.88 Å². The number of nitrogens with one attached hydrogen (secondary N) is 1. The van der Waals surface area contributed by atoms with Crippen molar-refractivity contribution in [2.45, 2.75) is 46.0 Å². The second-order valence-corrected chi connectivity index (χ2v) is 10.6. The van der Waals surface area contributed by atoms with E-state index in [2.05, 4.69) is 35.2 Å². The molecule has 0 spiro atoms. The number of hydrogen-bond donors (Lipinski definition) is 2. The first-order chi connectivity index (χ1) is 20.6. The summed E-state index contributed by atoms with van der Waals surface area (Å²) in [5, 5.41) is 12.2. The van der Waals surface area contributed by atoms with Gasteiger partial charge >= 0.3 is 12.1 Å². The zero-order chi connectivity index (χ0) is 30.7. The summed E-state index contributed by atoms with van der Waals surface area (Å²) in [5.74, 6) is -0.557. The molecule has 0 unspecified atom stereocenters. The van der Waals surface area contributed by atoms with Crippen molar-refractivity contribution in [1.82, 2.24) is 29.9 Å². The number of halogens is 1. The summed E-state index contributed by atoms with van der Waals surface area (Å²) >= 11 is 1.26. The van der Waals surface area contributed by atoms with Crippen LogP contribution < -0.4 is 19.5 Å². The number of aromatic nitrogens is 6. The minimum absolute atomic E-state index is 0.0528. The molecule has 0 aliphatic carbocycles. The number of hydrogen-bond acceptors (Lipinski definition) is 13. The predicted octanol–water partition coefficient (Wildman–Crippen LogP) is 4.71.